The Hall–Kier alpha value is -1.75. The molecule has 0 spiro atoms. The zero-order valence-corrected chi connectivity index (χ0v) is 15.3. The van der Waals surface area contributed by atoms with Crippen molar-refractivity contribution in [1.29, 1.82) is 0 Å². The van der Waals surface area contributed by atoms with Gasteiger partial charge in [0.1, 0.15) is 0 Å². The number of nitrogens with one attached hydrogen (secondary N) is 2. The van der Waals surface area contributed by atoms with Crippen LogP contribution in [-0.4, -0.2) is 43.3 Å². The van der Waals surface area contributed by atoms with Gasteiger partial charge >= 0.3 is 6.03 Å². The molecule has 0 unspecified atom stereocenters. The minimum absolute atomic E-state index is 0.0261. The quantitative estimate of drug-likeness (QED) is 0.854. The number of ether oxygens (including phenoxy) is 1. The molecule has 138 valence electrons. The van der Waals surface area contributed by atoms with E-state index in [-0.39, 0.29) is 6.03 Å². The number of urea groups is 1. The molecule has 2 aliphatic heterocycles. The van der Waals surface area contributed by atoms with Crippen LogP contribution in [0.3, 0.4) is 0 Å². The average molecular weight is 345 g/mol. The molecule has 1 aromatic carbocycles. The zero-order chi connectivity index (χ0) is 17.5. The molecule has 2 saturated heterocycles. The third kappa shape index (κ3) is 5.36. The van der Waals surface area contributed by atoms with Crippen LogP contribution in [0.1, 0.15) is 45.4 Å². The van der Waals surface area contributed by atoms with Crippen LogP contribution in [0, 0.1) is 5.92 Å². The van der Waals surface area contributed by atoms with Gasteiger partial charge in [-0.1, -0.05) is 12.8 Å². The Kier molecular flexibility index (Phi) is 6.56. The summed E-state index contributed by atoms with van der Waals surface area (Å²) in [5, 5.41) is 6.61. The first-order valence-electron chi connectivity index (χ1n) is 9.72. The number of carbonyl (C=O) groups excluding carboxylic acids is 1. The van der Waals surface area contributed by atoms with Gasteiger partial charge in [-0.15, -0.1) is 0 Å². The number of amides is 2. The Balaban J connectivity index is 1.50. The van der Waals surface area contributed by atoms with Gasteiger partial charge in [0.2, 0.25) is 0 Å². The fraction of sp³-hybridized carbons (Fsp3) is 0.650. The van der Waals surface area contributed by atoms with E-state index in [9.17, 15) is 4.79 Å². The van der Waals surface area contributed by atoms with Gasteiger partial charge in [0.15, 0.2) is 0 Å². The van der Waals surface area contributed by atoms with Gasteiger partial charge in [-0.25, -0.2) is 4.79 Å². The zero-order valence-electron chi connectivity index (χ0n) is 15.3. The van der Waals surface area contributed by atoms with E-state index in [0.29, 0.717) is 12.0 Å². The fourth-order valence-corrected chi connectivity index (χ4v) is 3.72. The van der Waals surface area contributed by atoms with Crippen LogP contribution in [0.4, 0.5) is 16.2 Å². The van der Waals surface area contributed by atoms with Crippen molar-refractivity contribution in [3.63, 3.8) is 0 Å². The topological polar surface area (TPSA) is 53.6 Å². The lowest BCUT2D eigenvalue weighted by molar-refractivity contribution is 0.0622. The summed E-state index contributed by atoms with van der Waals surface area (Å²) >= 11 is 0. The molecule has 2 amide bonds. The van der Waals surface area contributed by atoms with Gasteiger partial charge in [-0.3, -0.25) is 0 Å². The molecule has 0 aromatic heterocycles. The molecule has 0 saturated carbocycles. The number of nitrogens with zero attached hydrogens (tertiary/aromatic N) is 1. The lowest BCUT2D eigenvalue weighted by atomic mass is 9.93. The lowest BCUT2D eigenvalue weighted by Gasteiger charge is -2.29. The van der Waals surface area contributed by atoms with E-state index in [2.05, 4.69) is 17.6 Å². The maximum atomic E-state index is 12.4. The highest BCUT2D eigenvalue weighted by Gasteiger charge is 2.20. The largest absolute Gasteiger partial charge is 0.382 e. The van der Waals surface area contributed by atoms with Gasteiger partial charge in [-0.05, 0) is 62.8 Å². The molecular formula is C20H31N3O2. The monoisotopic (exact) mass is 345 g/mol. The first kappa shape index (κ1) is 18.1. The van der Waals surface area contributed by atoms with Gasteiger partial charge in [-0.2, -0.15) is 0 Å². The Morgan fingerprint density at radius 2 is 1.64 bits per heavy atom. The van der Waals surface area contributed by atoms with E-state index >= 15 is 0 Å². The summed E-state index contributed by atoms with van der Waals surface area (Å²) in [7, 11) is 0. The second kappa shape index (κ2) is 9.09. The number of carbonyl (C=O) groups is 1. The molecule has 0 bridgehead atoms. The van der Waals surface area contributed by atoms with Gasteiger partial charge in [0, 0.05) is 43.7 Å². The minimum atomic E-state index is 0.0261. The van der Waals surface area contributed by atoms with Crippen LogP contribution in [0.25, 0.3) is 0 Å². The fourth-order valence-electron chi connectivity index (χ4n) is 3.72. The number of hydrogen-bond donors (Lipinski definition) is 2. The Morgan fingerprint density at radius 1 is 1.04 bits per heavy atom. The summed E-state index contributed by atoms with van der Waals surface area (Å²) in [4.78, 5) is 14.3. The van der Waals surface area contributed by atoms with Gasteiger partial charge in [0.05, 0.1) is 0 Å². The summed E-state index contributed by atoms with van der Waals surface area (Å²) < 4.78 is 5.44. The molecule has 25 heavy (non-hydrogen) atoms. The summed E-state index contributed by atoms with van der Waals surface area (Å²) in [6, 6.07) is 8.52. The first-order valence-corrected chi connectivity index (χ1v) is 9.72. The minimum Gasteiger partial charge on any atom is -0.382 e. The summed E-state index contributed by atoms with van der Waals surface area (Å²) in [6.07, 6.45) is 6.93. The van der Waals surface area contributed by atoms with Crippen molar-refractivity contribution in [3.05, 3.63) is 24.3 Å². The maximum absolute atomic E-state index is 12.4. The van der Waals surface area contributed by atoms with Crippen LogP contribution < -0.4 is 10.6 Å². The van der Waals surface area contributed by atoms with E-state index < -0.39 is 0 Å². The number of anilines is 2. The van der Waals surface area contributed by atoms with Crippen molar-refractivity contribution in [1.82, 2.24) is 4.90 Å². The predicted molar refractivity (Wildman–Crippen MR) is 102 cm³/mol. The van der Waals surface area contributed by atoms with Crippen molar-refractivity contribution in [3.8, 4) is 0 Å². The number of likely N-dealkylation sites (tertiary alicyclic amines) is 1. The van der Waals surface area contributed by atoms with Crippen molar-refractivity contribution in [2.45, 2.75) is 51.5 Å². The molecule has 0 radical (unpaired) electrons. The Morgan fingerprint density at radius 3 is 2.28 bits per heavy atom. The number of benzene rings is 1. The SMILES string of the molecule is C[C@H](Nc1ccc(NC(=O)N2CCCCCC2)cc1)C1CCOCC1. The summed E-state index contributed by atoms with van der Waals surface area (Å²) in [5.41, 5.74) is 1.96. The predicted octanol–water partition coefficient (Wildman–Crippen LogP) is 4.32. The molecule has 5 heteroatoms. The molecule has 0 aliphatic carbocycles. The first-order chi connectivity index (χ1) is 12.2. The summed E-state index contributed by atoms with van der Waals surface area (Å²) in [5.74, 6) is 0.663. The lowest BCUT2D eigenvalue weighted by Crippen LogP contribution is -2.35. The number of hydrogen-bond acceptors (Lipinski definition) is 3. The highest BCUT2D eigenvalue weighted by Crippen LogP contribution is 2.23. The van der Waals surface area contributed by atoms with Crippen molar-refractivity contribution in [2.24, 2.45) is 5.92 Å². The van der Waals surface area contributed by atoms with Crippen LogP contribution in [-0.2, 0) is 4.74 Å². The van der Waals surface area contributed by atoms with E-state index in [1.165, 1.54) is 12.8 Å². The molecule has 1 atom stereocenters. The molecule has 2 aliphatic rings. The van der Waals surface area contributed by atoms with E-state index in [4.69, 9.17) is 4.74 Å². The van der Waals surface area contributed by atoms with E-state index in [0.717, 1.165) is 63.4 Å². The van der Waals surface area contributed by atoms with E-state index in [1.807, 2.05) is 29.2 Å². The maximum Gasteiger partial charge on any atom is 0.321 e. The van der Waals surface area contributed by atoms with Crippen LogP contribution in [0.2, 0.25) is 0 Å². The molecule has 5 nitrogen and oxygen atoms in total. The van der Waals surface area contributed by atoms with Crippen LogP contribution >= 0.6 is 0 Å². The second-order valence-electron chi connectivity index (χ2n) is 7.29. The van der Waals surface area contributed by atoms with Gasteiger partial charge < -0.3 is 20.3 Å². The molecule has 2 fully saturated rings. The Bertz CT molecular complexity index is 532. The normalized spacial score (nSPS) is 20.6. The second-order valence-corrected chi connectivity index (χ2v) is 7.29. The van der Waals surface area contributed by atoms with Crippen LogP contribution in [0.15, 0.2) is 24.3 Å². The highest BCUT2D eigenvalue weighted by atomic mass is 16.5. The highest BCUT2D eigenvalue weighted by molar-refractivity contribution is 5.89. The summed E-state index contributed by atoms with van der Waals surface area (Å²) in [6.45, 7) is 5.73. The van der Waals surface area contributed by atoms with Gasteiger partial charge in [0.25, 0.3) is 0 Å². The molecule has 2 heterocycles. The average Bonchev–Trinajstić information content (AvgIpc) is 2.93. The third-order valence-electron chi connectivity index (χ3n) is 5.40. The number of rotatable bonds is 4. The van der Waals surface area contributed by atoms with Crippen molar-refractivity contribution in [2.75, 3.05) is 36.9 Å². The van der Waals surface area contributed by atoms with Crippen molar-refractivity contribution >= 4 is 17.4 Å². The third-order valence-corrected chi connectivity index (χ3v) is 5.40. The molecule has 2 N–H and O–H groups in total. The van der Waals surface area contributed by atoms with Crippen molar-refractivity contribution < 1.29 is 9.53 Å². The smallest absolute Gasteiger partial charge is 0.321 e. The molecular weight excluding hydrogens is 314 g/mol. The van der Waals surface area contributed by atoms with Crippen LogP contribution in [0.5, 0.6) is 0 Å². The standard InChI is InChI=1S/C20H31N3O2/c1-16(17-10-14-25-15-11-17)21-18-6-8-19(9-7-18)22-20(24)23-12-4-2-3-5-13-23/h6-9,16-17,21H,2-5,10-15H2,1H3,(H,22,24)/t16-/m0/s1. The van der Waals surface area contributed by atoms with E-state index in [1.54, 1.807) is 0 Å². The Labute approximate surface area is 151 Å². The molecule has 1 aromatic rings. The molecule has 3 rings (SSSR count).